The molecule has 7 heteroatoms. The first kappa shape index (κ1) is 14.5. The average Bonchev–Trinajstić information content (AvgIpc) is 2.79. The number of nitrogens with one attached hydrogen (secondary N) is 1. The number of carbonyl (C=O) groups is 1. The third-order valence-corrected chi connectivity index (χ3v) is 2.83. The molecule has 0 saturated heterocycles. The van der Waals surface area contributed by atoms with Crippen LogP contribution in [0.5, 0.6) is 0 Å². The van der Waals surface area contributed by atoms with Crippen molar-refractivity contribution < 1.29 is 4.79 Å². The highest BCUT2D eigenvalue weighted by Gasteiger charge is 2.18. The number of para-hydroxylation sites is 1. The molecule has 6 nitrogen and oxygen atoms in total. The van der Waals surface area contributed by atoms with Crippen molar-refractivity contribution in [1.82, 2.24) is 14.8 Å². The number of amides is 1. The quantitative estimate of drug-likeness (QED) is 0.902. The predicted octanol–water partition coefficient (Wildman–Crippen LogP) is 1.99. The van der Waals surface area contributed by atoms with E-state index in [4.69, 9.17) is 17.3 Å². The fourth-order valence-electron chi connectivity index (χ4n) is 1.78. The largest absolute Gasteiger partial charge is 0.325 e. The zero-order chi connectivity index (χ0) is 14.8. The second-order valence-corrected chi connectivity index (χ2v) is 5.60. The smallest absolute Gasteiger partial charge is 0.226 e. The number of halogens is 1. The lowest BCUT2D eigenvalue weighted by atomic mass is 10.0. The molecule has 20 heavy (non-hydrogen) atoms. The number of carbonyl (C=O) groups excluding carboxylic acids is 1. The molecule has 1 heterocycles. The molecule has 106 valence electrons. The van der Waals surface area contributed by atoms with Crippen molar-refractivity contribution in [3.63, 3.8) is 0 Å². The van der Waals surface area contributed by atoms with Crippen molar-refractivity contribution in [2.75, 3.05) is 5.32 Å². The summed E-state index contributed by atoms with van der Waals surface area (Å²) in [7, 11) is 0. The maximum Gasteiger partial charge on any atom is 0.226 e. The van der Waals surface area contributed by atoms with E-state index in [0.29, 0.717) is 16.4 Å². The number of anilines is 1. The highest BCUT2D eigenvalue weighted by atomic mass is 35.5. The molecule has 0 saturated carbocycles. The zero-order valence-electron chi connectivity index (χ0n) is 11.3. The van der Waals surface area contributed by atoms with Crippen LogP contribution in [0.4, 0.5) is 5.69 Å². The van der Waals surface area contributed by atoms with Crippen LogP contribution < -0.4 is 11.1 Å². The molecule has 2 aromatic rings. The van der Waals surface area contributed by atoms with Gasteiger partial charge >= 0.3 is 0 Å². The van der Waals surface area contributed by atoms with Gasteiger partial charge in [-0.25, -0.2) is 9.67 Å². The minimum Gasteiger partial charge on any atom is -0.325 e. The Balaban J connectivity index is 2.29. The first-order valence-corrected chi connectivity index (χ1v) is 6.47. The van der Waals surface area contributed by atoms with Gasteiger partial charge in [-0.2, -0.15) is 5.10 Å². The predicted molar refractivity (Wildman–Crippen MR) is 77.9 cm³/mol. The summed E-state index contributed by atoms with van der Waals surface area (Å²) < 4.78 is 1.51. The fraction of sp³-hybridized carbons (Fsp3) is 0.308. The topological polar surface area (TPSA) is 85.8 Å². The van der Waals surface area contributed by atoms with Gasteiger partial charge in [0.05, 0.1) is 10.7 Å². The van der Waals surface area contributed by atoms with Crippen LogP contribution in [0.1, 0.15) is 20.3 Å². The highest BCUT2D eigenvalue weighted by molar-refractivity contribution is 6.33. The number of aromatic nitrogens is 3. The van der Waals surface area contributed by atoms with E-state index in [9.17, 15) is 4.79 Å². The molecule has 0 fully saturated rings. The summed E-state index contributed by atoms with van der Waals surface area (Å²) >= 11 is 6.17. The first-order valence-electron chi connectivity index (χ1n) is 6.09. The molecule has 2 rings (SSSR count). The lowest BCUT2D eigenvalue weighted by Crippen LogP contribution is -2.36. The molecular weight excluding hydrogens is 278 g/mol. The zero-order valence-corrected chi connectivity index (χ0v) is 12.1. The van der Waals surface area contributed by atoms with E-state index in [-0.39, 0.29) is 12.3 Å². The Morgan fingerprint density at radius 1 is 1.50 bits per heavy atom. The third-order valence-electron chi connectivity index (χ3n) is 2.52. The van der Waals surface area contributed by atoms with Crippen molar-refractivity contribution in [3.8, 4) is 5.69 Å². The van der Waals surface area contributed by atoms with E-state index in [1.54, 1.807) is 32.0 Å². The van der Waals surface area contributed by atoms with E-state index >= 15 is 0 Å². The maximum atomic E-state index is 12.0. The second kappa shape index (κ2) is 5.60. The SMILES string of the molecule is CC(C)(N)CC(=O)Nc1cccc(Cl)c1-n1cncn1. The van der Waals surface area contributed by atoms with E-state index in [1.807, 2.05) is 0 Å². The fourth-order valence-corrected chi connectivity index (χ4v) is 2.04. The maximum absolute atomic E-state index is 12.0. The van der Waals surface area contributed by atoms with Gasteiger partial charge in [0.25, 0.3) is 0 Å². The van der Waals surface area contributed by atoms with E-state index in [0.717, 1.165) is 0 Å². The average molecular weight is 294 g/mol. The van der Waals surface area contributed by atoms with Gasteiger partial charge in [-0.05, 0) is 26.0 Å². The number of hydrogen-bond donors (Lipinski definition) is 2. The van der Waals surface area contributed by atoms with Gasteiger partial charge in [0.1, 0.15) is 18.3 Å². The molecule has 1 amide bonds. The normalized spacial score (nSPS) is 11.4. The first-order chi connectivity index (χ1) is 9.37. The molecule has 1 aromatic carbocycles. The Morgan fingerprint density at radius 2 is 2.25 bits per heavy atom. The van der Waals surface area contributed by atoms with E-state index < -0.39 is 5.54 Å². The summed E-state index contributed by atoms with van der Waals surface area (Å²) in [6.45, 7) is 3.59. The molecular formula is C13H16ClN5O. The Kier molecular flexibility index (Phi) is 4.06. The summed E-state index contributed by atoms with van der Waals surface area (Å²) in [5.41, 5.74) is 6.41. The van der Waals surface area contributed by atoms with Crippen molar-refractivity contribution in [1.29, 1.82) is 0 Å². The molecule has 0 spiro atoms. The summed E-state index contributed by atoms with van der Waals surface area (Å²) in [6.07, 6.45) is 3.12. The standard InChI is InChI=1S/C13H16ClN5O/c1-13(2,15)6-11(20)18-10-5-3-4-9(14)12(10)19-8-16-7-17-19/h3-5,7-8H,6,15H2,1-2H3,(H,18,20). The van der Waals surface area contributed by atoms with Crippen LogP contribution >= 0.6 is 11.6 Å². The van der Waals surface area contributed by atoms with Gasteiger partial charge in [-0.3, -0.25) is 4.79 Å². The lowest BCUT2D eigenvalue weighted by Gasteiger charge is -2.18. The molecule has 0 atom stereocenters. The minimum atomic E-state index is -0.573. The van der Waals surface area contributed by atoms with Crippen LogP contribution in [0.25, 0.3) is 5.69 Å². The molecule has 3 N–H and O–H groups in total. The monoisotopic (exact) mass is 293 g/mol. The molecule has 0 aliphatic rings. The summed E-state index contributed by atoms with van der Waals surface area (Å²) in [5, 5.41) is 7.31. The molecule has 0 unspecified atom stereocenters. The molecule has 0 radical (unpaired) electrons. The highest BCUT2D eigenvalue weighted by Crippen LogP contribution is 2.28. The van der Waals surface area contributed by atoms with Crippen molar-refractivity contribution in [2.45, 2.75) is 25.8 Å². The summed E-state index contributed by atoms with van der Waals surface area (Å²) in [5.74, 6) is -0.180. The van der Waals surface area contributed by atoms with Gasteiger partial charge < -0.3 is 11.1 Å². The number of nitrogens with zero attached hydrogens (tertiary/aromatic N) is 3. The van der Waals surface area contributed by atoms with Gasteiger partial charge in [0.15, 0.2) is 0 Å². The Labute approximate surface area is 121 Å². The van der Waals surface area contributed by atoms with Crippen LogP contribution in [-0.2, 0) is 4.79 Å². The van der Waals surface area contributed by atoms with Crippen molar-refractivity contribution in [2.24, 2.45) is 5.73 Å². The van der Waals surface area contributed by atoms with Gasteiger partial charge in [0.2, 0.25) is 5.91 Å². The number of rotatable bonds is 4. The molecule has 0 bridgehead atoms. The molecule has 0 aliphatic carbocycles. The number of benzene rings is 1. The van der Waals surface area contributed by atoms with Crippen molar-refractivity contribution >= 4 is 23.2 Å². The number of hydrogen-bond acceptors (Lipinski definition) is 4. The Bertz CT molecular complexity index is 604. The number of nitrogens with two attached hydrogens (primary N) is 1. The summed E-state index contributed by atoms with van der Waals surface area (Å²) in [6, 6.07) is 5.23. The minimum absolute atomic E-state index is 0.180. The Morgan fingerprint density at radius 3 is 2.85 bits per heavy atom. The summed E-state index contributed by atoms with van der Waals surface area (Å²) in [4.78, 5) is 15.9. The van der Waals surface area contributed by atoms with Gasteiger partial charge in [-0.15, -0.1) is 0 Å². The van der Waals surface area contributed by atoms with E-state index in [1.165, 1.54) is 17.3 Å². The van der Waals surface area contributed by atoms with Crippen LogP contribution in [0.15, 0.2) is 30.9 Å². The van der Waals surface area contributed by atoms with Crippen LogP contribution in [0.3, 0.4) is 0 Å². The Hall–Kier alpha value is -1.92. The third kappa shape index (κ3) is 3.55. The van der Waals surface area contributed by atoms with E-state index in [2.05, 4.69) is 15.4 Å². The van der Waals surface area contributed by atoms with Crippen molar-refractivity contribution in [3.05, 3.63) is 35.9 Å². The van der Waals surface area contributed by atoms with Gasteiger partial charge in [-0.1, -0.05) is 17.7 Å². The lowest BCUT2D eigenvalue weighted by molar-refractivity contribution is -0.117. The van der Waals surface area contributed by atoms with Crippen LogP contribution in [0.2, 0.25) is 5.02 Å². The van der Waals surface area contributed by atoms with Crippen LogP contribution in [0, 0.1) is 0 Å². The van der Waals surface area contributed by atoms with Gasteiger partial charge in [0, 0.05) is 12.0 Å². The molecule has 0 aliphatic heterocycles. The second-order valence-electron chi connectivity index (χ2n) is 5.19. The molecule has 1 aromatic heterocycles. The van der Waals surface area contributed by atoms with Crippen LogP contribution in [-0.4, -0.2) is 26.2 Å².